The minimum absolute atomic E-state index is 0.0996. The zero-order chi connectivity index (χ0) is 12.0. The Morgan fingerprint density at radius 2 is 2.12 bits per heavy atom. The first-order valence-electron chi connectivity index (χ1n) is 5.25. The van der Waals surface area contributed by atoms with Crippen molar-refractivity contribution in [2.45, 2.75) is 18.9 Å². The monoisotopic (exact) mass is 247 g/mol. The van der Waals surface area contributed by atoms with Crippen molar-refractivity contribution >= 4 is 23.6 Å². The van der Waals surface area contributed by atoms with Crippen molar-refractivity contribution in [3.63, 3.8) is 0 Å². The molecule has 1 aliphatic heterocycles. The van der Waals surface area contributed by atoms with Crippen LogP contribution in [0.3, 0.4) is 0 Å². The third-order valence-corrected chi connectivity index (χ3v) is 3.21. The van der Waals surface area contributed by atoms with Gasteiger partial charge in [0.1, 0.15) is 6.04 Å². The molecule has 2 N–H and O–H groups in total. The molecular weight excluding hydrogens is 230 g/mol. The third-order valence-electron chi connectivity index (χ3n) is 2.54. The number of hydrogen-bond donors (Lipinski definition) is 2. The molecule has 0 aromatic carbocycles. The molecule has 6 heteroatoms. The highest BCUT2D eigenvalue weighted by Crippen LogP contribution is 2.15. The molecule has 1 heterocycles. The Hall–Kier alpha value is -0.750. The fraction of sp³-hybridized carbons (Fsp3) is 0.800. The number of amides is 1. The molecule has 92 valence electrons. The molecule has 1 amide bonds. The highest BCUT2D eigenvalue weighted by atomic mass is 32.2. The summed E-state index contributed by atoms with van der Waals surface area (Å²) in [7, 11) is 0. The van der Waals surface area contributed by atoms with E-state index in [-0.39, 0.29) is 11.8 Å². The normalized spacial score (nSPS) is 19.1. The van der Waals surface area contributed by atoms with Gasteiger partial charge in [-0.05, 0) is 19.1 Å². The van der Waals surface area contributed by atoms with Crippen molar-refractivity contribution in [2.24, 2.45) is 5.92 Å². The summed E-state index contributed by atoms with van der Waals surface area (Å²) in [6.07, 6.45) is 3.17. The maximum Gasteiger partial charge on any atom is 0.327 e. The van der Waals surface area contributed by atoms with Crippen LogP contribution in [0, 0.1) is 5.92 Å². The number of rotatable bonds is 5. The Kier molecular flexibility index (Phi) is 5.62. The smallest absolute Gasteiger partial charge is 0.327 e. The standard InChI is InChI=1S/C10H17NO4S/c1-16-6-8(10(13)14)11-9(12)7-2-4-15-5-3-7/h7-8H,2-6H2,1H3,(H,11,12)(H,13,14)/t8-/m0/s1. The Morgan fingerprint density at radius 3 is 2.62 bits per heavy atom. The quantitative estimate of drug-likeness (QED) is 0.733. The number of carboxylic acids is 1. The number of carbonyl (C=O) groups is 2. The summed E-state index contributed by atoms with van der Waals surface area (Å²) in [5, 5.41) is 11.5. The van der Waals surface area contributed by atoms with Crippen LogP contribution in [0.1, 0.15) is 12.8 Å². The molecule has 0 bridgehead atoms. The first kappa shape index (κ1) is 13.3. The average molecular weight is 247 g/mol. The molecular formula is C10H17NO4S. The van der Waals surface area contributed by atoms with Crippen molar-refractivity contribution < 1.29 is 19.4 Å². The molecule has 16 heavy (non-hydrogen) atoms. The molecule has 0 radical (unpaired) electrons. The lowest BCUT2D eigenvalue weighted by Crippen LogP contribution is -2.46. The third kappa shape index (κ3) is 4.02. The molecule has 5 nitrogen and oxygen atoms in total. The zero-order valence-electron chi connectivity index (χ0n) is 9.27. The molecule has 1 saturated heterocycles. The lowest BCUT2D eigenvalue weighted by atomic mass is 9.99. The predicted molar refractivity (Wildman–Crippen MR) is 61.5 cm³/mol. The van der Waals surface area contributed by atoms with Gasteiger partial charge in [0.2, 0.25) is 5.91 Å². The van der Waals surface area contributed by atoms with Crippen LogP contribution in [-0.4, -0.2) is 48.2 Å². The van der Waals surface area contributed by atoms with E-state index in [0.717, 1.165) is 0 Å². The van der Waals surface area contributed by atoms with Gasteiger partial charge >= 0.3 is 5.97 Å². The van der Waals surface area contributed by atoms with E-state index in [1.807, 2.05) is 6.26 Å². The largest absolute Gasteiger partial charge is 0.480 e. The molecule has 0 saturated carbocycles. The molecule has 0 spiro atoms. The van der Waals surface area contributed by atoms with E-state index < -0.39 is 12.0 Å². The lowest BCUT2D eigenvalue weighted by molar-refractivity contribution is -0.142. The molecule has 1 fully saturated rings. The molecule has 0 unspecified atom stereocenters. The van der Waals surface area contributed by atoms with Crippen LogP contribution in [0.15, 0.2) is 0 Å². The molecule has 0 aromatic rings. The molecule has 0 aromatic heterocycles. The van der Waals surface area contributed by atoms with Gasteiger partial charge < -0.3 is 15.2 Å². The number of ether oxygens (including phenoxy) is 1. The molecule has 1 atom stereocenters. The average Bonchev–Trinajstić information content (AvgIpc) is 2.29. The minimum Gasteiger partial charge on any atom is -0.480 e. The Bertz CT molecular complexity index is 253. The Labute approximate surface area is 98.9 Å². The predicted octanol–water partition coefficient (Wildman–Crippen LogP) is 0.345. The van der Waals surface area contributed by atoms with Crippen molar-refractivity contribution in [3.8, 4) is 0 Å². The van der Waals surface area contributed by atoms with Gasteiger partial charge in [-0.25, -0.2) is 4.79 Å². The van der Waals surface area contributed by atoms with Gasteiger partial charge in [0.15, 0.2) is 0 Å². The van der Waals surface area contributed by atoms with Crippen molar-refractivity contribution in [1.82, 2.24) is 5.32 Å². The summed E-state index contributed by atoms with van der Waals surface area (Å²) < 4.78 is 5.15. The van der Waals surface area contributed by atoms with Crippen LogP contribution in [0.25, 0.3) is 0 Å². The molecule has 0 aliphatic carbocycles. The number of nitrogens with one attached hydrogen (secondary N) is 1. The number of carbonyl (C=O) groups excluding carboxylic acids is 1. The lowest BCUT2D eigenvalue weighted by Gasteiger charge is -2.23. The van der Waals surface area contributed by atoms with E-state index in [4.69, 9.17) is 9.84 Å². The van der Waals surface area contributed by atoms with E-state index in [1.54, 1.807) is 0 Å². The van der Waals surface area contributed by atoms with Gasteiger partial charge in [-0.1, -0.05) is 0 Å². The van der Waals surface area contributed by atoms with Crippen molar-refractivity contribution in [2.75, 3.05) is 25.2 Å². The van der Waals surface area contributed by atoms with Crippen LogP contribution in [0.2, 0.25) is 0 Å². The molecule has 1 rings (SSSR count). The first-order valence-corrected chi connectivity index (χ1v) is 6.64. The second-order valence-corrected chi connectivity index (χ2v) is 4.65. The van der Waals surface area contributed by atoms with Gasteiger partial charge in [-0.2, -0.15) is 11.8 Å². The highest BCUT2D eigenvalue weighted by molar-refractivity contribution is 7.98. The van der Waals surface area contributed by atoms with Crippen LogP contribution in [0.5, 0.6) is 0 Å². The SMILES string of the molecule is CSC[C@H](NC(=O)C1CCOCC1)C(=O)O. The van der Waals surface area contributed by atoms with Crippen LogP contribution in [0.4, 0.5) is 0 Å². The minimum atomic E-state index is -0.977. The summed E-state index contributed by atoms with van der Waals surface area (Å²) >= 11 is 1.41. The van der Waals surface area contributed by atoms with E-state index in [2.05, 4.69) is 5.32 Å². The van der Waals surface area contributed by atoms with Crippen LogP contribution in [-0.2, 0) is 14.3 Å². The number of aliphatic carboxylic acids is 1. The summed E-state index contributed by atoms with van der Waals surface area (Å²) in [6, 6.07) is -0.787. The van der Waals surface area contributed by atoms with Crippen LogP contribution < -0.4 is 5.32 Å². The second-order valence-electron chi connectivity index (χ2n) is 3.74. The molecule has 1 aliphatic rings. The van der Waals surface area contributed by atoms with Gasteiger partial charge in [0, 0.05) is 24.9 Å². The van der Waals surface area contributed by atoms with Crippen molar-refractivity contribution in [1.29, 1.82) is 0 Å². The van der Waals surface area contributed by atoms with Gasteiger partial charge in [-0.15, -0.1) is 0 Å². The maximum absolute atomic E-state index is 11.7. The zero-order valence-corrected chi connectivity index (χ0v) is 10.1. The number of thioether (sulfide) groups is 1. The van der Waals surface area contributed by atoms with E-state index in [0.29, 0.717) is 31.8 Å². The van der Waals surface area contributed by atoms with E-state index >= 15 is 0 Å². The Balaban J connectivity index is 2.43. The fourth-order valence-corrected chi connectivity index (χ4v) is 2.15. The number of hydrogen-bond acceptors (Lipinski definition) is 4. The fourth-order valence-electron chi connectivity index (χ4n) is 1.59. The van der Waals surface area contributed by atoms with Crippen molar-refractivity contribution in [3.05, 3.63) is 0 Å². The summed E-state index contributed by atoms with van der Waals surface area (Å²) in [4.78, 5) is 22.6. The van der Waals surface area contributed by atoms with Gasteiger partial charge in [0.25, 0.3) is 0 Å². The van der Waals surface area contributed by atoms with Crippen LogP contribution >= 0.6 is 11.8 Å². The van der Waals surface area contributed by atoms with E-state index in [9.17, 15) is 9.59 Å². The van der Waals surface area contributed by atoms with Gasteiger partial charge in [0.05, 0.1) is 0 Å². The first-order chi connectivity index (χ1) is 7.65. The second kappa shape index (κ2) is 6.75. The highest BCUT2D eigenvalue weighted by Gasteiger charge is 2.26. The van der Waals surface area contributed by atoms with Gasteiger partial charge in [-0.3, -0.25) is 4.79 Å². The topological polar surface area (TPSA) is 75.6 Å². The summed E-state index contributed by atoms with van der Waals surface area (Å²) in [5.41, 5.74) is 0. The summed E-state index contributed by atoms with van der Waals surface area (Å²) in [6.45, 7) is 1.16. The Morgan fingerprint density at radius 1 is 1.50 bits per heavy atom. The maximum atomic E-state index is 11.7. The number of carboxylic acid groups (broad SMARTS) is 1. The van der Waals surface area contributed by atoms with E-state index in [1.165, 1.54) is 11.8 Å². The summed E-state index contributed by atoms with van der Waals surface area (Å²) in [5.74, 6) is -0.846.